The molecule has 3 rings (SSSR count). The Hall–Kier alpha value is -2.81. The lowest BCUT2D eigenvalue weighted by molar-refractivity contribution is 0.0986. The Balaban J connectivity index is 1.56. The highest BCUT2D eigenvalue weighted by Gasteiger charge is 2.06. The minimum absolute atomic E-state index is 0.152. The molecule has 1 N–H and O–H groups in total. The third-order valence-electron chi connectivity index (χ3n) is 3.92. The average Bonchev–Trinajstić information content (AvgIpc) is 2.63. The first kappa shape index (κ1) is 16.1. The molecule has 0 radical (unpaired) electrons. The van der Waals surface area contributed by atoms with Crippen LogP contribution >= 0.6 is 0 Å². The fraction of sp³-hybridized carbons (Fsp3) is 0.190. The molecule has 0 aliphatic heterocycles. The van der Waals surface area contributed by atoms with E-state index in [2.05, 4.69) is 11.4 Å². The molecule has 0 atom stereocenters. The number of nitrogens with one attached hydrogen (secondary N) is 1. The van der Waals surface area contributed by atoms with E-state index in [1.54, 1.807) is 0 Å². The Morgan fingerprint density at radius 1 is 0.958 bits per heavy atom. The summed E-state index contributed by atoms with van der Waals surface area (Å²) in [5.74, 6) is 1.01. The van der Waals surface area contributed by atoms with Crippen LogP contribution in [-0.2, 0) is 0 Å². The van der Waals surface area contributed by atoms with Gasteiger partial charge in [0.05, 0.1) is 6.61 Å². The summed E-state index contributed by atoms with van der Waals surface area (Å²) in [4.78, 5) is 12.4. The normalized spacial score (nSPS) is 10.5. The van der Waals surface area contributed by atoms with Crippen molar-refractivity contribution in [2.75, 3.05) is 18.5 Å². The number of ether oxygens (including phenoxy) is 1. The number of benzene rings is 3. The van der Waals surface area contributed by atoms with Gasteiger partial charge in [0.25, 0.3) is 0 Å². The van der Waals surface area contributed by atoms with Crippen LogP contribution in [0.5, 0.6) is 5.75 Å². The molecule has 122 valence electrons. The minimum atomic E-state index is 0.152. The summed E-state index contributed by atoms with van der Waals surface area (Å²) in [5.41, 5.74) is 1.76. The minimum Gasteiger partial charge on any atom is -0.494 e. The molecule has 0 fully saturated rings. The number of fused-ring (bicyclic) bond motifs is 1. The summed E-state index contributed by atoms with van der Waals surface area (Å²) in [5, 5.41) is 5.53. The van der Waals surface area contributed by atoms with Gasteiger partial charge in [-0.25, -0.2) is 0 Å². The van der Waals surface area contributed by atoms with Gasteiger partial charge in [-0.1, -0.05) is 36.4 Å². The number of hydrogen-bond donors (Lipinski definition) is 1. The molecule has 0 aromatic heterocycles. The Morgan fingerprint density at radius 2 is 1.71 bits per heavy atom. The van der Waals surface area contributed by atoms with E-state index in [0.29, 0.717) is 19.6 Å². The Labute approximate surface area is 142 Å². The van der Waals surface area contributed by atoms with E-state index in [4.69, 9.17) is 4.74 Å². The second-order valence-electron chi connectivity index (χ2n) is 5.62. The summed E-state index contributed by atoms with van der Waals surface area (Å²) in [6.07, 6.45) is 0.464. The average molecular weight is 319 g/mol. The number of hydrogen-bond acceptors (Lipinski definition) is 3. The van der Waals surface area contributed by atoms with Gasteiger partial charge in [0, 0.05) is 24.2 Å². The quantitative estimate of drug-likeness (QED) is 0.628. The standard InChI is InChI=1S/C21H21NO2/c1-2-24-20-11-9-19(10-12-20)22-14-13-21(23)18-8-7-16-5-3-4-6-17(16)15-18/h3-12,15,22H,2,13-14H2,1H3. The van der Waals surface area contributed by atoms with E-state index in [-0.39, 0.29) is 5.78 Å². The molecular weight excluding hydrogens is 298 g/mol. The first-order chi connectivity index (χ1) is 11.8. The molecular formula is C21H21NO2. The molecule has 0 heterocycles. The van der Waals surface area contributed by atoms with Crippen LogP contribution in [0, 0.1) is 0 Å². The van der Waals surface area contributed by atoms with Gasteiger partial charge in [0.2, 0.25) is 0 Å². The largest absolute Gasteiger partial charge is 0.494 e. The van der Waals surface area contributed by atoms with Gasteiger partial charge in [-0.3, -0.25) is 4.79 Å². The van der Waals surface area contributed by atoms with Crippen LogP contribution in [0.2, 0.25) is 0 Å². The highest BCUT2D eigenvalue weighted by molar-refractivity contribution is 6.00. The molecule has 3 nitrogen and oxygen atoms in total. The van der Waals surface area contributed by atoms with E-state index >= 15 is 0 Å². The van der Waals surface area contributed by atoms with E-state index in [1.807, 2.05) is 67.6 Å². The Morgan fingerprint density at radius 3 is 2.46 bits per heavy atom. The molecule has 0 bridgehead atoms. The second kappa shape index (κ2) is 7.64. The van der Waals surface area contributed by atoms with Crippen molar-refractivity contribution in [2.45, 2.75) is 13.3 Å². The van der Waals surface area contributed by atoms with Crippen LogP contribution in [0.3, 0.4) is 0 Å². The summed E-state index contributed by atoms with van der Waals surface area (Å²) >= 11 is 0. The van der Waals surface area contributed by atoms with Crippen molar-refractivity contribution in [3.8, 4) is 5.75 Å². The van der Waals surface area contributed by atoms with Crippen LogP contribution in [0.25, 0.3) is 10.8 Å². The lowest BCUT2D eigenvalue weighted by atomic mass is 10.0. The van der Waals surface area contributed by atoms with Crippen molar-refractivity contribution in [1.29, 1.82) is 0 Å². The Kier molecular flexibility index (Phi) is 5.12. The molecule has 3 aromatic rings. The summed E-state index contributed by atoms with van der Waals surface area (Å²) in [6.45, 7) is 3.23. The maximum atomic E-state index is 12.4. The van der Waals surface area contributed by atoms with Crippen LogP contribution in [0.4, 0.5) is 5.69 Å². The lowest BCUT2D eigenvalue weighted by Crippen LogP contribution is -2.08. The second-order valence-corrected chi connectivity index (χ2v) is 5.62. The SMILES string of the molecule is CCOc1ccc(NCCC(=O)c2ccc3ccccc3c2)cc1. The first-order valence-corrected chi connectivity index (χ1v) is 8.25. The third-order valence-corrected chi connectivity index (χ3v) is 3.92. The van der Waals surface area contributed by atoms with Gasteiger partial charge in [-0.05, 0) is 48.0 Å². The zero-order valence-electron chi connectivity index (χ0n) is 13.8. The number of carbonyl (C=O) groups is 1. The zero-order chi connectivity index (χ0) is 16.8. The number of ketones is 1. The Bertz CT molecular complexity index is 825. The van der Waals surface area contributed by atoms with Crippen molar-refractivity contribution in [2.24, 2.45) is 0 Å². The monoisotopic (exact) mass is 319 g/mol. The summed E-state index contributed by atoms with van der Waals surface area (Å²) in [6, 6.07) is 21.7. The van der Waals surface area contributed by atoms with Crippen molar-refractivity contribution in [3.05, 3.63) is 72.3 Å². The number of carbonyl (C=O) groups excluding carboxylic acids is 1. The van der Waals surface area contributed by atoms with Gasteiger partial charge in [-0.15, -0.1) is 0 Å². The molecule has 3 heteroatoms. The van der Waals surface area contributed by atoms with Crippen LogP contribution in [0.1, 0.15) is 23.7 Å². The molecule has 0 amide bonds. The van der Waals surface area contributed by atoms with Gasteiger partial charge in [0.1, 0.15) is 5.75 Å². The fourth-order valence-electron chi connectivity index (χ4n) is 2.66. The predicted octanol–water partition coefficient (Wildman–Crippen LogP) is 4.92. The summed E-state index contributed by atoms with van der Waals surface area (Å²) in [7, 11) is 0. The van der Waals surface area contributed by atoms with Crippen LogP contribution < -0.4 is 10.1 Å². The van der Waals surface area contributed by atoms with Crippen molar-refractivity contribution >= 4 is 22.2 Å². The molecule has 0 unspecified atom stereocenters. The van der Waals surface area contributed by atoms with Crippen molar-refractivity contribution in [3.63, 3.8) is 0 Å². The first-order valence-electron chi connectivity index (χ1n) is 8.25. The summed E-state index contributed by atoms with van der Waals surface area (Å²) < 4.78 is 5.41. The molecule has 0 saturated heterocycles. The van der Waals surface area contributed by atoms with E-state index in [1.165, 1.54) is 0 Å². The van der Waals surface area contributed by atoms with Gasteiger partial charge in [0.15, 0.2) is 5.78 Å². The highest BCUT2D eigenvalue weighted by Crippen LogP contribution is 2.18. The molecule has 0 spiro atoms. The number of rotatable bonds is 7. The maximum absolute atomic E-state index is 12.4. The van der Waals surface area contributed by atoms with Crippen LogP contribution in [0.15, 0.2) is 66.7 Å². The molecule has 0 aliphatic rings. The topological polar surface area (TPSA) is 38.3 Å². The number of Topliss-reactive ketones (excluding diaryl/α,β-unsaturated/α-hetero) is 1. The predicted molar refractivity (Wildman–Crippen MR) is 99.0 cm³/mol. The van der Waals surface area contributed by atoms with Crippen molar-refractivity contribution < 1.29 is 9.53 Å². The van der Waals surface area contributed by atoms with Gasteiger partial charge < -0.3 is 10.1 Å². The van der Waals surface area contributed by atoms with E-state index in [0.717, 1.165) is 27.8 Å². The van der Waals surface area contributed by atoms with Gasteiger partial charge in [-0.2, -0.15) is 0 Å². The molecule has 24 heavy (non-hydrogen) atoms. The van der Waals surface area contributed by atoms with E-state index in [9.17, 15) is 4.79 Å². The van der Waals surface area contributed by atoms with E-state index < -0.39 is 0 Å². The maximum Gasteiger partial charge on any atom is 0.164 e. The number of anilines is 1. The van der Waals surface area contributed by atoms with Crippen molar-refractivity contribution in [1.82, 2.24) is 0 Å². The molecule has 0 saturated carbocycles. The van der Waals surface area contributed by atoms with Gasteiger partial charge >= 0.3 is 0 Å². The lowest BCUT2D eigenvalue weighted by Gasteiger charge is -2.08. The molecule has 0 aliphatic carbocycles. The van der Waals surface area contributed by atoms with Crippen LogP contribution in [-0.4, -0.2) is 18.9 Å². The zero-order valence-corrected chi connectivity index (χ0v) is 13.8. The third kappa shape index (κ3) is 3.93. The fourth-order valence-corrected chi connectivity index (χ4v) is 2.66. The smallest absolute Gasteiger partial charge is 0.164 e. The highest BCUT2D eigenvalue weighted by atomic mass is 16.5. The molecule has 3 aromatic carbocycles.